The first-order valence-electron chi connectivity index (χ1n) is 9.69. The summed E-state index contributed by atoms with van der Waals surface area (Å²) in [5.41, 5.74) is 5.09. The molecule has 0 aliphatic heterocycles. The van der Waals surface area contributed by atoms with Gasteiger partial charge >= 0.3 is 0 Å². The summed E-state index contributed by atoms with van der Waals surface area (Å²) in [6, 6.07) is 25.2. The molecule has 1 N–H and O–H groups in total. The largest absolute Gasteiger partial charge is 0.332 e. The van der Waals surface area contributed by atoms with Crippen LogP contribution in [0.15, 0.2) is 95.0 Å². The molecule has 0 spiro atoms. The number of aromatic nitrogens is 4. The van der Waals surface area contributed by atoms with Gasteiger partial charge in [0.15, 0.2) is 5.16 Å². The van der Waals surface area contributed by atoms with E-state index in [1.165, 1.54) is 22.2 Å². The van der Waals surface area contributed by atoms with E-state index in [1.807, 2.05) is 48.5 Å². The van der Waals surface area contributed by atoms with Crippen molar-refractivity contribution in [1.82, 2.24) is 19.4 Å². The Morgan fingerprint density at radius 2 is 1.61 bits per heavy atom. The molecule has 3 heterocycles. The summed E-state index contributed by atoms with van der Waals surface area (Å²) in [5.74, 6) is 0.518. The number of aromatic amines is 1. The summed E-state index contributed by atoms with van der Waals surface area (Å²) in [6.45, 7) is 0. The Bertz CT molecular complexity index is 1360. The molecule has 5 rings (SSSR count). The number of H-pyrrole nitrogens is 1. The number of pyridine rings is 1. The first kappa shape index (κ1) is 19.6. The molecule has 7 heteroatoms. The van der Waals surface area contributed by atoms with Gasteiger partial charge in [0, 0.05) is 29.1 Å². The van der Waals surface area contributed by atoms with Gasteiger partial charge in [-0.3, -0.25) is 9.20 Å². The van der Waals surface area contributed by atoms with Gasteiger partial charge in [0.2, 0.25) is 0 Å². The maximum Gasteiger partial charge on any atom is 0.258 e. The Labute approximate surface area is 187 Å². The Hall–Kier alpha value is -3.35. The Morgan fingerprint density at radius 1 is 0.903 bits per heavy atom. The van der Waals surface area contributed by atoms with E-state index < -0.39 is 0 Å². The molecule has 0 amide bonds. The molecule has 0 saturated heterocycles. The van der Waals surface area contributed by atoms with Gasteiger partial charge in [0.05, 0.1) is 22.1 Å². The topological polar surface area (TPSA) is 63.0 Å². The van der Waals surface area contributed by atoms with Gasteiger partial charge in [0.1, 0.15) is 5.65 Å². The van der Waals surface area contributed by atoms with E-state index in [0.717, 1.165) is 27.7 Å². The molecule has 152 valence electrons. The number of hydrogen-bond acceptors (Lipinski definition) is 4. The number of nitrogens with one attached hydrogen (secondary N) is 1. The van der Waals surface area contributed by atoms with E-state index >= 15 is 0 Å². The van der Waals surface area contributed by atoms with E-state index in [9.17, 15) is 4.79 Å². The van der Waals surface area contributed by atoms with Crippen molar-refractivity contribution in [1.29, 1.82) is 0 Å². The monoisotopic (exact) mass is 444 g/mol. The van der Waals surface area contributed by atoms with Crippen LogP contribution in [-0.4, -0.2) is 19.4 Å². The van der Waals surface area contributed by atoms with Crippen molar-refractivity contribution >= 4 is 29.0 Å². The third-order valence-corrected chi connectivity index (χ3v) is 5.96. The molecule has 0 saturated carbocycles. The molecule has 31 heavy (non-hydrogen) atoms. The summed E-state index contributed by atoms with van der Waals surface area (Å²) in [4.78, 5) is 25.3. The first-order chi connectivity index (χ1) is 15.2. The highest BCUT2D eigenvalue weighted by Gasteiger charge is 2.15. The molecule has 0 bridgehead atoms. The van der Waals surface area contributed by atoms with Crippen LogP contribution in [0.2, 0.25) is 5.02 Å². The Kier molecular flexibility index (Phi) is 5.32. The zero-order chi connectivity index (χ0) is 21.2. The highest BCUT2D eigenvalue weighted by atomic mass is 35.5. The molecule has 0 aliphatic carbocycles. The molecule has 2 aromatic carbocycles. The number of fused-ring (bicyclic) bond motifs is 1. The highest BCUT2D eigenvalue weighted by molar-refractivity contribution is 7.98. The molecule has 5 nitrogen and oxygen atoms in total. The van der Waals surface area contributed by atoms with Crippen molar-refractivity contribution in [3.05, 3.63) is 106 Å². The number of thioether (sulfide) groups is 1. The van der Waals surface area contributed by atoms with Crippen molar-refractivity contribution < 1.29 is 0 Å². The van der Waals surface area contributed by atoms with Crippen LogP contribution < -0.4 is 5.56 Å². The van der Waals surface area contributed by atoms with Crippen LogP contribution in [0.1, 0.15) is 5.69 Å². The maximum atomic E-state index is 12.4. The summed E-state index contributed by atoms with van der Waals surface area (Å²) < 4.78 is 1.45. The molecule has 0 fully saturated rings. The second-order valence-electron chi connectivity index (χ2n) is 6.95. The van der Waals surface area contributed by atoms with Crippen LogP contribution >= 0.6 is 23.4 Å². The van der Waals surface area contributed by atoms with E-state index in [4.69, 9.17) is 16.6 Å². The molecule has 0 aliphatic rings. The fourth-order valence-corrected chi connectivity index (χ4v) is 4.30. The van der Waals surface area contributed by atoms with Crippen LogP contribution in [0.5, 0.6) is 0 Å². The summed E-state index contributed by atoms with van der Waals surface area (Å²) in [5, 5.41) is 1.27. The van der Waals surface area contributed by atoms with Crippen molar-refractivity contribution in [2.75, 3.05) is 0 Å². The Balaban J connectivity index is 1.47. The average molecular weight is 445 g/mol. The van der Waals surface area contributed by atoms with Crippen LogP contribution in [0.4, 0.5) is 0 Å². The van der Waals surface area contributed by atoms with Crippen LogP contribution in [0.3, 0.4) is 0 Å². The number of halogens is 1. The lowest BCUT2D eigenvalue weighted by Crippen LogP contribution is -2.15. The first-order valence-corrected chi connectivity index (χ1v) is 11.1. The van der Waals surface area contributed by atoms with Crippen molar-refractivity contribution in [3.8, 4) is 22.5 Å². The van der Waals surface area contributed by atoms with Crippen LogP contribution in [-0.2, 0) is 5.75 Å². The van der Waals surface area contributed by atoms with Gasteiger partial charge in [-0.05, 0) is 12.1 Å². The number of hydrogen-bond donors (Lipinski definition) is 1. The quantitative estimate of drug-likeness (QED) is 0.353. The minimum atomic E-state index is -0.155. The number of nitrogens with zero attached hydrogens (tertiary/aromatic N) is 3. The highest BCUT2D eigenvalue weighted by Crippen LogP contribution is 2.33. The standard InChI is InChI=1S/C24H17ClN4OS/c25-18-11-12-20-26-19(13-21(30)29(20)14-18)15-31-24-27-22(16-7-3-1-4-8-16)23(28-24)17-9-5-2-6-10-17/h1-14H,15H2,(H,27,28). The van der Waals surface area contributed by atoms with E-state index in [2.05, 4.69) is 22.1 Å². The molecule has 0 atom stereocenters. The SMILES string of the molecule is O=c1cc(CSc2nc(-c3ccccc3)c(-c3ccccc3)[nH]2)nc2ccc(Cl)cn12. The van der Waals surface area contributed by atoms with Gasteiger partial charge in [-0.2, -0.15) is 0 Å². The normalized spacial score (nSPS) is 11.1. The summed E-state index contributed by atoms with van der Waals surface area (Å²) in [6.07, 6.45) is 1.58. The lowest BCUT2D eigenvalue weighted by molar-refractivity contribution is 1.01. The third kappa shape index (κ3) is 4.13. The molecule has 5 aromatic rings. The van der Waals surface area contributed by atoms with Crippen LogP contribution in [0.25, 0.3) is 28.2 Å². The average Bonchev–Trinajstić information content (AvgIpc) is 3.24. The number of benzene rings is 2. The van der Waals surface area contributed by atoms with Gasteiger partial charge < -0.3 is 4.98 Å². The molecule has 0 radical (unpaired) electrons. The summed E-state index contributed by atoms with van der Waals surface area (Å²) >= 11 is 7.50. The van der Waals surface area contributed by atoms with Crippen LogP contribution in [0, 0.1) is 0 Å². The van der Waals surface area contributed by atoms with Crippen molar-refractivity contribution in [2.24, 2.45) is 0 Å². The van der Waals surface area contributed by atoms with Crippen molar-refractivity contribution in [2.45, 2.75) is 10.9 Å². The second-order valence-corrected chi connectivity index (χ2v) is 8.35. The van der Waals surface area contributed by atoms with E-state index in [1.54, 1.807) is 18.3 Å². The smallest absolute Gasteiger partial charge is 0.258 e. The number of imidazole rings is 1. The fraction of sp³-hybridized carbons (Fsp3) is 0.0417. The zero-order valence-electron chi connectivity index (χ0n) is 16.3. The summed E-state index contributed by atoms with van der Waals surface area (Å²) in [7, 11) is 0. The maximum absolute atomic E-state index is 12.4. The predicted molar refractivity (Wildman–Crippen MR) is 125 cm³/mol. The fourth-order valence-electron chi connectivity index (χ4n) is 3.38. The minimum Gasteiger partial charge on any atom is -0.332 e. The van der Waals surface area contributed by atoms with E-state index in [-0.39, 0.29) is 5.56 Å². The predicted octanol–water partition coefficient (Wildman–Crippen LogP) is 5.70. The number of rotatable bonds is 5. The van der Waals surface area contributed by atoms with E-state index in [0.29, 0.717) is 22.1 Å². The molecule has 0 unspecified atom stereocenters. The Morgan fingerprint density at radius 3 is 2.35 bits per heavy atom. The van der Waals surface area contributed by atoms with Gasteiger partial charge in [-0.15, -0.1) is 0 Å². The van der Waals surface area contributed by atoms with Gasteiger partial charge in [-0.1, -0.05) is 84.0 Å². The van der Waals surface area contributed by atoms with Crippen molar-refractivity contribution in [3.63, 3.8) is 0 Å². The zero-order valence-corrected chi connectivity index (χ0v) is 17.9. The molecular weight excluding hydrogens is 428 g/mol. The van der Waals surface area contributed by atoms with Gasteiger partial charge in [0.25, 0.3) is 5.56 Å². The third-order valence-electron chi connectivity index (χ3n) is 4.83. The second kappa shape index (κ2) is 8.41. The lowest BCUT2D eigenvalue weighted by Gasteiger charge is -2.03. The molecular formula is C24H17ClN4OS. The lowest BCUT2D eigenvalue weighted by atomic mass is 10.1. The minimum absolute atomic E-state index is 0.155. The molecule has 3 aromatic heterocycles. The van der Waals surface area contributed by atoms with Gasteiger partial charge in [-0.25, -0.2) is 9.97 Å².